The third-order valence-corrected chi connectivity index (χ3v) is 8.82. The molecule has 0 fully saturated rings. The van der Waals surface area contributed by atoms with Gasteiger partial charge in [-0.15, -0.1) is 21.5 Å². The Kier molecular flexibility index (Phi) is 6.11. The molecule has 5 rings (SSSR count). The van der Waals surface area contributed by atoms with Gasteiger partial charge >= 0.3 is 0 Å². The first-order chi connectivity index (χ1) is 15.9. The minimum absolute atomic E-state index is 0.0773. The molecule has 3 aromatic heterocycles. The summed E-state index contributed by atoms with van der Waals surface area (Å²) in [5.41, 5.74) is 2.67. The summed E-state index contributed by atoms with van der Waals surface area (Å²) >= 11 is 4.63. The van der Waals surface area contributed by atoms with Crippen molar-refractivity contribution in [3.63, 3.8) is 0 Å². The van der Waals surface area contributed by atoms with E-state index in [0.717, 1.165) is 39.5 Å². The maximum Gasteiger partial charge on any atom is 0.237 e. The van der Waals surface area contributed by atoms with Crippen LogP contribution in [-0.2, 0) is 22.6 Å². The summed E-state index contributed by atoms with van der Waals surface area (Å²) in [6.45, 7) is 6.81. The zero-order valence-electron chi connectivity index (χ0n) is 18.9. The van der Waals surface area contributed by atoms with Crippen molar-refractivity contribution in [3.8, 4) is 0 Å². The molecule has 0 spiro atoms. The molecule has 172 valence electrons. The van der Waals surface area contributed by atoms with Crippen LogP contribution >= 0.6 is 34.9 Å². The smallest absolute Gasteiger partial charge is 0.237 e. The van der Waals surface area contributed by atoms with Gasteiger partial charge in [-0.3, -0.25) is 4.79 Å². The third kappa shape index (κ3) is 4.14. The van der Waals surface area contributed by atoms with Crippen LogP contribution in [-0.4, -0.2) is 42.6 Å². The van der Waals surface area contributed by atoms with Gasteiger partial charge in [0, 0.05) is 17.0 Å². The summed E-state index contributed by atoms with van der Waals surface area (Å²) in [5, 5.41) is 14.2. The van der Waals surface area contributed by atoms with Gasteiger partial charge in [0.2, 0.25) is 5.91 Å². The van der Waals surface area contributed by atoms with Gasteiger partial charge < -0.3 is 10.1 Å². The van der Waals surface area contributed by atoms with Crippen molar-refractivity contribution < 1.29 is 9.53 Å². The van der Waals surface area contributed by atoms with E-state index < -0.39 is 0 Å². The first-order valence-corrected chi connectivity index (χ1v) is 13.7. The third-order valence-electron chi connectivity index (χ3n) is 6.04. The highest BCUT2D eigenvalue weighted by atomic mass is 32.2. The van der Waals surface area contributed by atoms with Crippen molar-refractivity contribution in [2.75, 3.05) is 11.6 Å². The summed E-state index contributed by atoms with van der Waals surface area (Å²) in [4.78, 5) is 19.9. The number of nitrogens with zero attached hydrogens (tertiary/aromatic N) is 4. The molecule has 0 saturated heterocycles. The number of amides is 1. The number of benzene rings is 1. The van der Waals surface area contributed by atoms with Crippen molar-refractivity contribution in [1.29, 1.82) is 0 Å². The predicted molar refractivity (Wildman–Crippen MR) is 136 cm³/mol. The molecule has 2 atom stereocenters. The molecule has 4 aromatic rings. The molecule has 4 heterocycles. The molecule has 7 nitrogen and oxygen atoms in total. The molecule has 0 bridgehead atoms. The van der Waals surface area contributed by atoms with E-state index >= 15 is 0 Å². The number of thioether (sulfide) groups is 2. The highest BCUT2D eigenvalue weighted by Crippen LogP contribution is 2.42. The first kappa shape index (κ1) is 22.6. The summed E-state index contributed by atoms with van der Waals surface area (Å²) < 4.78 is 8.15. The summed E-state index contributed by atoms with van der Waals surface area (Å²) in [6, 6.07) is 9.48. The van der Waals surface area contributed by atoms with Crippen LogP contribution in [0.1, 0.15) is 37.6 Å². The zero-order valence-corrected chi connectivity index (χ0v) is 21.4. The molecule has 1 amide bonds. The number of thiophene rings is 1. The van der Waals surface area contributed by atoms with E-state index in [9.17, 15) is 4.79 Å². The van der Waals surface area contributed by atoms with Gasteiger partial charge in [-0.25, -0.2) is 9.38 Å². The minimum Gasteiger partial charge on any atom is -0.369 e. The standard InChI is InChI=1S/C23H25N5O2S3/c1-5-23(3)11-15-16(12-30-23)33-20-17(15)18-26-27-22(28(18)21(25-20)31-4)32-13(2)19(29)24-14-9-7-6-8-10-14/h6-10,13H,5,11-12H2,1-4H3,(H,24,29)/t13-,23+/m1/s1. The average molecular weight is 500 g/mol. The minimum atomic E-state index is -0.351. The van der Waals surface area contributed by atoms with E-state index in [2.05, 4.69) is 29.4 Å². The Morgan fingerprint density at radius 1 is 1.30 bits per heavy atom. The van der Waals surface area contributed by atoms with Crippen LogP contribution in [0.15, 0.2) is 40.6 Å². The van der Waals surface area contributed by atoms with E-state index in [1.54, 1.807) is 23.1 Å². The highest BCUT2D eigenvalue weighted by Gasteiger charge is 2.34. The van der Waals surface area contributed by atoms with Crippen LogP contribution < -0.4 is 5.32 Å². The van der Waals surface area contributed by atoms with Crippen molar-refractivity contribution in [2.24, 2.45) is 0 Å². The lowest BCUT2D eigenvalue weighted by atomic mass is 9.90. The second-order valence-electron chi connectivity index (χ2n) is 8.31. The van der Waals surface area contributed by atoms with Crippen LogP contribution in [0.2, 0.25) is 0 Å². The quantitative estimate of drug-likeness (QED) is 0.280. The van der Waals surface area contributed by atoms with E-state index in [4.69, 9.17) is 9.72 Å². The second kappa shape index (κ2) is 8.90. The van der Waals surface area contributed by atoms with Crippen molar-refractivity contribution in [1.82, 2.24) is 19.6 Å². The van der Waals surface area contributed by atoms with Gasteiger partial charge in [0.25, 0.3) is 0 Å². The topological polar surface area (TPSA) is 81.4 Å². The molecule has 1 aromatic carbocycles. The molecule has 1 N–H and O–H groups in total. The fourth-order valence-electron chi connectivity index (χ4n) is 3.93. The monoisotopic (exact) mass is 499 g/mol. The number of hydrogen-bond donors (Lipinski definition) is 1. The summed E-state index contributed by atoms with van der Waals surface area (Å²) in [7, 11) is 0. The zero-order chi connectivity index (χ0) is 23.2. The molecule has 10 heteroatoms. The molecular formula is C23H25N5O2S3. The fraction of sp³-hybridized carbons (Fsp3) is 0.391. The Bertz CT molecular complexity index is 1340. The molecule has 0 unspecified atom stereocenters. The molecule has 33 heavy (non-hydrogen) atoms. The van der Waals surface area contributed by atoms with Gasteiger partial charge in [-0.05, 0) is 44.2 Å². The number of ether oxygens (including phenoxy) is 1. The number of rotatable bonds is 6. The lowest BCUT2D eigenvalue weighted by Gasteiger charge is -2.33. The molecule has 1 aliphatic rings. The summed E-state index contributed by atoms with van der Waals surface area (Å²) in [5.74, 6) is -0.0773. The van der Waals surface area contributed by atoms with E-state index in [-0.39, 0.29) is 16.8 Å². The Labute approximate surface area is 204 Å². The molecule has 1 aliphatic heterocycles. The van der Waals surface area contributed by atoms with Gasteiger partial charge in [-0.1, -0.05) is 48.6 Å². The summed E-state index contributed by atoms with van der Waals surface area (Å²) in [6.07, 6.45) is 3.77. The van der Waals surface area contributed by atoms with Crippen LogP contribution in [0, 0.1) is 0 Å². The molecule has 0 saturated carbocycles. The number of fused-ring (bicyclic) bond motifs is 5. The SMILES string of the molecule is CC[C@@]1(C)Cc2c(sc3nc(SC)n4c(S[C@H](C)C(=O)Nc5ccccc5)nnc4c23)CO1. The Balaban J connectivity index is 1.52. The molecular weight excluding hydrogens is 474 g/mol. The maximum absolute atomic E-state index is 12.8. The van der Waals surface area contributed by atoms with E-state index in [0.29, 0.717) is 11.8 Å². The normalized spacial score (nSPS) is 19.0. The number of nitrogens with one attached hydrogen (secondary N) is 1. The van der Waals surface area contributed by atoms with Crippen molar-refractivity contribution in [3.05, 3.63) is 40.8 Å². The number of carbonyl (C=O) groups is 1. The number of carbonyl (C=O) groups excluding carboxylic acids is 1. The number of aromatic nitrogens is 4. The van der Waals surface area contributed by atoms with Gasteiger partial charge in [0.15, 0.2) is 16.0 Å². The van der Waals surface area contributed by atoms with E-state index in [1.165, 1.54) is 22.2 Å². The Hall–Kier alpha value is -2.14. The largest absolute Gasteiger partial charge is 0.369 e. The van der Waals surface area contributed by atoms with Crippen LogP contribution in [0.5, 0.6) is 0 Å². The predicted octanol–water partition coefficient (Wildman–Crippen LogP) is 5.42. The lowest BCUT2D eigenvalue weighted by Crippen LogP contribution is -2.33. The number of para-hydroxylation sites is 1. The van der Waals surface area contributed by atoms with Gasteiger partial charge in [0.05, 0.1) is 22.8 Å². The molecule has 0 aliphatic carbocycles. The van der Waals surface area contributed by atoms with Gasteiger partial charge in [-0.2, -0.15) is 0 Å². The number of hydrogen-bond acceptors (Lipinski definition) is 8. The Morgan fingerprint density at radius 3 is 2.82 bits per heavy atom. The van der Waals surface area contributed by atoms with Crippen LogP contribution in [0.25, 0.3) is 15.9 Å². The number of anilines is 1. The second-order valence-corrected chi connectivity index (χ2v) is 11.5. The van der Waals surface area contributed by atoms with E-state index in [1.807, 2.05) is 47.9 Å². The van der Waals surface area contributed by atoms with Gasteiger partial charge in [0.1, 0.15) is 4.83 Å². The van der Waals surface area contributed by atoms with Crippen LogP contribution in [0.4, 0.5) is 5.69 Å². The average Bonchev–Trinajstić information content (AvgIpc) is 3.39. The van der Waals surface area contributed by atoms with Crippen molar-refractivity contribution in [2.45, 2.75) is 61.4 Å². The molecule has 0 radical (unpaired) electrons. The Morgan fingerprint density at radius 2 is 2.09 bits per heavy atom. The highest BCUT2D eigenvalue weighted by molar-refractivity contribution is 8.00. The van der Waals surface area contributed by atoms with Crippen LogP contribution in [0.3, 0.4) is 0 Å². The first-order valence-electron chi connectivity index (χ1n) is 10.8. The maximum atomic E-state index is 12.8. The van der Waals surface area contributed by atoms with Crippen molar-refractivity contribution >= 4 is 62.3 Å². The lowest BCUT2D eigenvalue weighted by molar-refractivity contribution is -0.115. The fourth-order valence-corrected chi connectivity index (χ4v) is 6.53.